The predicted octanol–water partition coefficient (Wildman–Crippen LogP) is -0.787. The molecule has 4 aromatic rings. The zero-order valence-corrected chi connectivity index (χ0v) is 25.9. The number of carbonyl (C=O) groups excluding carboxylic acids is 1. The van der Waals surface area contributed by atoms with Gasteiger partial charge in [-0.2, -0.15) is 9.52 Å². The van der Waals surface area contributed by atoms with Gasteiger partial charge < -0.3 is 34.2 Å². The van der Waals surface area contributed by atoms with Crippen molar-refractivity contribution in [2.24, 2.45) is 7.05 Å². The van der Waals surface area contributed by atoms with Crippen LogP contribution in [0.3, 0.4) is 0 Å². The van der Waals surface area contributed by atoms with Crippen LogP contribution in [0.15, 0.2) is 64.6 Å². The minimum absolute atomic E-state index is 0. The van der Waals surface area contributed by atoms with E-state index in [1.165, 1.54) is 16.1 Å². The van der Waals surface area contributed by atoms with Crippen LogP contribution in [0.25, 0.3) is 10.8 Å². The Morgan fingerprint density at radius 3 is 2.77 bits per heavy atom. The van der Waals surface area contributed by atoms with E-state index in [-0.39, 0.29) is 60.5 Å². The number of carbonyl (C=O) groups is 1. The smallest absolute Gasteiger partial charge is 0.256 e. The van der Waals surface area contributed by atoms with Crippen LogP contribution in [-0.4, -0.2) is 75.2 Å². The molecule has 2 aliphatic heterocycles. The summed E-state index contributed by atoms with van der Waals surface area (Å²) in [6.07, 6.45) is 4.86. The highest BCUT2D eigenvalue weighted by atomic mass is 127. The Hall–Kier alpha value is -2.53. The number of halogens is 2. The van der Waals surface area contributed by atoms with Gasteiger partial charge in [0.25, 0.3) is 5.91 Å². The second-order valence-electron chi connectivity index (χ2n) is 9.60. The van der Waals surface area contributed by atoms with E-state index in [0.29, 0.717) is 23.7 Å². The van der Waals surface area contributed by atoms with E-state index >= 15 is 0 Å². The van der Waals surface area contributed by atoms with Crippen LogP contribution in [0, 0.1) is 0 Å². The lowest BCUT2D eigenvalue weighted by Gasteiger charge is -2.41. The second-order valence-corrected chi connectivity index (χ2v) is 13.1. The summed E-state index contributed by atoms with van der Waals surface area (Å²) in [6, 6.07) is 12.0. The first-order chi connectivity index (χ1) is 18.8. The van der Waals surface area contributed by atoms with E-state index in [0.717, 1.165) is 21.4 Å². The van der Waals surface area contributed by atoms with E-state index < -0.39 is 15.4 Å². The third kappa shape index (κ3) is 5.77. The standard InChI is InChI=1S/C25H25ClN8O3S2.HI/c1-32-9-8-21-22(15-32)38-24(27-21)25(35)34-11-10-33(14-19(34)5-7-23-28-30-31-29-23)39(36,37)20-6-3-16-12-18(26)4-2-17(16)13-20;/h2-4,6,8-9,12-13,15,19,24H,5,7,10-11,14H2,1H3,(H,28,29,30,31);1H. The summed E-state index contributed by atoms with van der Waals surface area (Å²) in [4.78, 5) is 16.7. The number of anilines is 1. The average molecular weight is 713 g/mol. The number of nitrogens with zero attached hydrogens (tertiary/aromatic N) is 6. The number of nitrogens with one attached hydrogen (secondary N) is 2. The monoisotopic (exact) mass is 712 g/mol. The number of aromatic nitrogens is 5. The molecule has 2 atom stereocenters. The van der Waals surface area contributed by atoms with Crippen LogP contribution in [0.2, 0.25) is 5.02 Å². The molecule has 1 saturated heterocycles. The summed E-state index contributed by atoms with van der Waals surface area (Å²) in [5.41, 5.74) is 0.915. The van der Waals surface area contributed by atoms with Gasteiger partial charge in [-0.15, -0.1) is 10.2 Å². The number of rotatable bonds is 6. The zero-order chi connectivity index (χ0) is 27.1. The Morgan fingerprint density at radius 2 is 1.98 bits per heavy atom. The summed E-state index contributed by atoms with van der Waals surface area (Å²) in [6.45, 7) is 0.648. The van der Waals surface area contributed by atoms with Gasteiger partial charge in [0, 0.05) is 43.2 Å². The third-order valence-electron chi connectivity index (χ3n) is 7.05. The van der Waals surface area contributed by atoms with Crippen molar-refractivity contribution in [2.45, 2.75) is 34.0 Å². The van der Waals surface area contributed by atoms with Crippen LogP contribution in [0.1, 0.15) is 12.2 Å². The number of aromatic amines is 1. The molecule has 40 heavy (non-hydrogen) atoms. The first-order valence-electron chi connectivity index (χ1n) is 12.4. The summed E-state index contributed by atoms with van der Waals surface area (Å²) >= 11 is 7.56. The molecule has 1 amide bonds. The average Bonchev–Trinajstić information content (AvgIpc) is 3.61. The number of sulfonamides is 1. The molecule has 2 N–H and O–H groups in total. The molecule has 1 fully saturated rings. The normalized spacial score (nSPS) is 19.2. The van der Waals surface area contributed by atoms with Gasteiger partial charge >= 0.3 is 0 Å². The van der Waals surface area contributed by atoms with Crippen molar-refractivity contribution in [3.8, 4) is 0 Å². The largest absolute Gasteiger partial charge is 1.00 e. The molecule has 0 spiro atoms. The van der Waals surface area contributed by atoms with Crippen LogP contribution >= 0.6 is 23.4 Å². The Balaban J connectivity index is 0.00000323. The van der Waals surface area contributed by atoms with Crippen molar-refractivity contribution < 1.29 is 41.8 Å². The van der Waals surface area contributed by atoms with Crippen LogP contribution < -0.4 is 33.9 Å². The number of benzene rings is 2. The number of piperazine rings is 1. The maximum absolute atomic E-state index is 13.7. The SMILES string of the molecule is C[n+]1ccc2c(c1)SC(C(=O)N1CCN(S(=O)(=O)c3ccc4cc(Cl)ccc4c3)CC1CCc1nn[nH]n1)N2.[I-]. The quantitative estimate of drug-likeness (QED) is 0.197. The van der Waals surface area contributed by atoms with Gasteiger partial charge in [-0.3, -0.25) is 4.79 Å². The van der Waals surface area contributed by atoms with Crippen molar-refractivity contribution in [3.63, 3.8) is 0 Å². The minimum Gasteiger partial charge on any atom is -1.00 e. The minimum atomic E-state index is -3.80. The number of fused-ring (bicyclic) bond motifs is 2. The van der Waals surface area contributed by atoms with E-state index in [1.807, 2.05) is 36.1 Å². The number of tetrazole rings is 1. The fourth-order valence-corrected chi connectivity index (χ4v) is 7.86. The summed E-state index contributed by atoms with van der Waals surface area (Å²) < 4.78 is 30.9. The molecule has 0 radical (unpaired) electrons. The topological polar surface area (TPSA) is 128 Å². The second kappa shape index (κ2) is 11.8. The maximum atomic E-state index is 13.7. The third-order valence-corrected chi connectivity index (χ3v) is 10.3. The molecule has 0 aliphatic carbocycles. The van der Waals surface area contributed by atoms with Gasteiger partial charge in [0.05, 0.1) is 15.5 Å². The fraction of sp³-hybridized carbons (Fsp3) is 0.320. The predicted molar refractivity (Wildman–Crippen MR) is 147 cm³/mol. The van der Waals surface area contributed by atoms with Crippen LogP contribution in [-0.2, 0) is 28.3 Å². The fourth-order valence-electron chi connectivity index (χ4n) is 5.02. The molecule has 2 aromatic carbocycles. The lowest BCUT2D eigenvalue weighted by Crippen LogP contribution is -3.00. The molecule has 4 heterocycles. The Kier molecular flexibility index (Phi) is 8.52. The zero-order valence-electron chi connectivity index (χ0n) is 21.4. The van der Waals surface area contributed by atoms with Crippen molar-refractivity contribution in [3.05, 3.63) is 65.7 Å². The Morgan fingerprint density at radius 1 is 1.18 bits per heavy atom. The number of hydrogen-bond donors (Lipinski definition) is 2. The number of hydrogen-bond acceptors (Lipinski definition) is 8. The highest BCUT2D eigenvalue weighted by Crippen LogP contribution is 2.38. The van der Waals surface area contributed by atoms with E-state index in [1.54, 1.807) is 35.2 Å². The molecule has 2 aliphatic rings. The highest BCUT2D eigenvalue weighted by Gasteiger charge is 2.40. The van der Waals surface area contributed by atoms with Gasteiger partial charge in [-0.1, -0.05) is 40.7 Å². The Bertz CT molecular complexity index is 1660. The summed E-state index contributed by atoms with van der Waals surface area (Å²) in [5, 5.41) is 19.2. The molecular weight excluding hydrogens is 687 g/mol. The van der Waals surface area contributed by atoms with E-state index in [9.17, 15) is 13.2 Å². The molecule has 2 unspecified atom stereocenters. The van der Waals surface area contributed by atoms with Gasteiger partial charge in [0.15, 0.2) is 23.6 Å². The van der Waals surface area contributed by atoms with E-state index in [2.05, 4.69) is 25.9 Å². The number of amides is 1. The number of thioether (sulfide) groups is 1. The van der Waals surface area contributed by atoms with Crippen molar-refractivity contribution in [2.75, 3.05) is 25.0 Å². The number of H-pyrrole nitrogens is 1. The van der Waals surface area contributed by atoms with Gasteiger partial charge in [0.2, 0.25) is 10.0 Å². The van der Waals surface area contributed by atoms with Crippen LogP contribution in [0.4, 0.5) is 5.69 Å². The summed E-state index contributed by atoms with van der Waals surface area (Å²) in [5.74, 6) is 0.445. The molecule has 0 saturated carbocycles. The first-order valence-corrected chi connectivity index (χ1v) is 15.1. The van der Waals surface area contributed by atoms with Crippen LogP contribution in [0.5, 0.6) is 0 Å². The molecule has 2 aromatic heterocycles. The van der Waals surface area contributed by atoms with Gasteiger partial charge in [-0.25, -0.2) is 13.0 Å². The van der Waals surface area contributed by atoms with Crippen molar-refractivity contribution in [1.29, 1.82) is 0 Å². The number of aryl methyl sites for hydroxylation is 2. The first kappa shape index (κ1) is 29.0. The molecule has 6 rings (SSSR count). The van der Waals surface area contributed by atoms with Crippen molar-refractivity contribution >= 4 is 55.8 Å². The maximum Gasteiger partial charge on any atom is 0.256 e. The molecule has 0 bridgehead atoms. The highest BCUT2D eigenvalue weighted by molar-refractivity contribution is 8.01. The molecular formula is C25H26ClIN8O3S2. The lowest BCUT2D eigenvalue weighted by molar-refractivity contribution is -0.673. The molecule has 15 heteroatoms. The number of pyridine rings is 1. The Labute approximate surface area is 257 Å². The van der Waals surface area contributed by atoms with Crippen molar-refractivity contribution in [1.82, 2.24) is 29.8 Å². The van der Waals surface area contributed by atoms with E-state index in [4.69, 9.17) is 11.6 Å². The molecule has 210 valence electrons. The van der Waals surface area contributed by atoms with Gasteiger partial charge in [-0.05, 0) is 41.5 Å². The lowest BCUT2D eigenvalue weighted by atomic mass is 10.1. The van der Waals surface area contributed by atoms with Gasteiger partial charge in [0.1, 0.15) is 7.05 Å². The molecule has 11 nitrogen and oxygen atoms in total. The summed E-state index contributed by atoms with van der Waals surface area (Å²) in [7, 11) is -1.86.